The Morgan fingerprint density at radius 2 is 1.93 bits per heavy atom. The lowest BCUT2D eigenvalue weighted by molar-refractivity contribution is -0.131. The molecule has 3 rings (SSSR count). The van der Waals surface area contributed by atoms with Crippen LogP contribution in [0.3, 0.4) is 0 Å². The van der Waals surface area contributed by atoms with Crippen LogP contribution in [-0.2, 0) is 11.3 Å². The van der Waals surface area contributed by atoms with Crippen molar-refractivity contribution in [1.82, 2.24) is 9.80 Å². The summed E-state index contributed by atoms with van der Waals surface area (Å²) in [6.07, 6.45) is 1.59. The molecule has 1 aromatic heterocycles. The molecule has 0 bridgehead atoms. The molecule has 1 amide bonds. The van der Waals surface area contributed by atoms with Gasteiger partial charge < -0.3 is 14.2 Å². The van der Waals surface area contributed by atoms with Crippen LogP contribution in [0.4, 0.5) is 10.1 Å². The average molecular weight is 373 g/mol. The third kappa shape index (κ3) is 4.74. The predicted molar refractivity (Wildman–Crippen MR) is 100 cm³/mol. The summed E-state index contributed by atoms with van der Waals surface area (Å²) >= 11 is 0. The van der Waals surface area contributed by atoms with E-state index in [2.05, 4.69) is 4.90 Å². The fourth-order valence-electron chi connectivity index (χ4n) is 3.17. The summed E-state index contributed by atoms with van der Waals surface area (Å²) in [5, 5.41) is 0. The molecule has 1 saturated heterocycles. The van der Waals surface area contributed by atoms with Gasteiger partial charge in [-0.1, -0.05) is 0 Å². The van der Waals surface area contributed by atoms with Crippen molar-refractivity contribution < 1.29 is 18.4 Å². The van der Waals surface area contributed by atoms with Gasteiger partial charge in [0.05, 0.1) is 25.0 Å². The van der Waals surface area contributed by atoms with Crippen LogP contribution >= 0.6 is 0 Å². The highest BCUT2D eigenvalue weighted by Gasteiger charge is 2.22. The Morgan fingerprint density at radius 1 is 1.19 bits per heavy atom. The third-order valence-electron chi connectivity index (χ3n) is 4.82. The van der Waals surface area contributed by atoms with Gasteiger partial charge in [0.25, 0.3) is 0 Å². The summed E-state index contributed by atoms with van der Waals surface area (Å²) in [7, 11) is 1.76. The molecule has 27 heavy (non-hydrogen) atoms. The van der Waals surface area contributed by atoms with E-state index in [0.717, 1.165) is 5.76 Å². The van der Waals surface area contributed by atoms with Crippen LogP contribution in [0.1, 0.15) is 23.0 Å². The van der Waals surface area contributed by atoms with Gasteiger partial charge in [-0.15, -0.1) is 0 Å². The molecule has 1 fully saturated rings. The maximum atomic E-state index is 14.3. The summed E-state index contributed by atoms with van der Waals surface area (Å²) in [6, 6.07) is 8.24. The number of furan rings is 1. The second kappa shape index (κ2) is 8.35. The lowest BCUT2D eigenvalue weighted by Crippen LogP contribution is -2.49. The first-order valence-corrected chi connectivity index (χ1v) is 8.98. The number of likely N-dealkylation sites (N-methyl/N-ethyl adjacent to an activating group) is 1. The fourth-order valence-corrected chi connectivity index (χ4v) is 3.17. The van der Waals surface area contributed by atoms with Crippen molar-refractivity contribution in [3.05, 3.63) is 53.7 Å². The van der Waals surface area contributed by atoms with Gasteiger partial charge in [0.2, 0.25) is 5.91 Å². The number of Topliss-reactive ketones (excluding diaryl/α,β-unsaturated/α-hetero) is 1. The number of carbonyl (C=O) groups excluding carboxylic acids is 2. The highest BCUT2D eigenvalue weighted by Crippen LogP contribution is 2.22. The number of carbonyl (C=O) groups is 2. The Kier molecular flexibility index (Phi) is 5.91. The molecule has 0 N–H and O–H groups in total. The van der Waals surface area contributed by atoms with Crippen molar-refractivity contribution >= 4 is 17.4 Å². The number of benzene rings is 1. The molecule has 1 aliphatic rings. The van der Waals surface area contributed by atoms with E-state index < -0.39 is 0 Å². The zero-order valence-corrected chi connectivity index (χ0v) is 15.7. The molecular formula is C20H24FN3O3. The quantitative estimate of drug-likeness (QED) is 0.728. The third-order valence-corrected chi connectivity index (χ3v) is 4.82. The Bertz CT molecular complexity index is 799. The molecule has 7 heteroatoms. The van der Waals surface area contributed by atoms with E-state index >= 15 is 0 Å². The van der Waals surface area contributed by atoms with Crippen LogP contribution in [0, 0.1) is 5.82 Å². The first-order valence-electron chi connectivity index (χ1n) is 8.98. The van der Waals surface area contributed by atoms with E-state index in [1.807, 2.05) is 11.0 Å². The highest BCUT2D eigenvalue weighted by atomic mass is 19.1. The number of rotatable bonds is 6. The number of ketones is 1. The molecular weight excluding hydrogens is 349 g/mol. The zero-order valence-electron chi connectivity index (χ0n) is 15.7. The summed E-state index contributed by atoms with van der Waals surface area (Å²) < 4.78 is 19.6. The summed E-state index contributed by atoms with van der Waals surface area (Å²) in [6.45, 7) is 4.81. The first-order chi connectivity index (χ1) is 12.9. The molecule has 0 saturated carbocycles. The molecule has 0 spiro atoms. The van der Waals surface area contributed by atoms with Crippen molar-refractivity contribution in [2.75, 3.05) is 44.7 Å². The van der Waals surface area contributed by atoms with Gasteiger partial charge in [-0.3, -0.25) is 14.5 Å². The number of piperazine rings is 1. The first kappa shape index (κ1) is 19.1. The Hall–Kier alpha value is -2.67. The molecule has 0 aliphatic carbocycles. The van der Waals surface area contributed by atoms with Crippen molar-refractivity contribution in [3.8, 4) is 0 Å². The summed E-state index contributed by atoms with van der Waals surface area (Å²) in [5.41, 5.74) is 0.876. The highest BCUT2D eigenvalue weighted by molar-refractivity contribution is 5.94. The second-order valence-electron chi connectivity index (χ2n) is 6.81. The minimum atomic E-state index is -0.384. The maximum Gasteiger partial charge on any atom is 0.236 e. The van der Waals surface area contributed by atoms with Gasteiger partial charge in [0, 0.05) is 38.8 Å². The number of hydrogen-bond donors (Lipinski definition) is 0. The molecule has 1 aliphatic heterocycles. The molecule has 6 nitrogen and oxygen atoms in total. The Balaban J connectivity index is 1.51. The number of amides is 1. The van der Waals surface area contributed by atoms with Crippen LogP contribution in [0.5, 0.6) is 0 Å². The van der Waals surface area contributed by atoms with E-state index in [-0.39, 0.29) is 17.5 Å². The van der Waals surface area contributed by atoms with E-state index in [4.69, 9.17) is 4.42 Å². The topological polar surface area (TPSA) is 57.0 Å². The number of halogens is 1. The zero-order chi connectivity index (χ0) is 19.4. The van der Waals surface area contributed by atoms with Gasteiger partial charge in [0.1, 0.15) is 11.6 Å². The van der Waals surface area contributed by atoms with E-state index in [0.29, 0.717) is 50.5 Å². The van der Waals surface area contributed by atoms with Gasteiger partial charge in [-0.25, -0.2) is 4.39 Å². The molecule has 144 valence electrons. The van der Waals surface area contributed by atoms with Crippen molar-refractivity contribution in [2.24, 2.45) is 0 Å². The predicted octanol–water partition coefficient (Wildman–Crippen LogP) is 2.40. The maximum absolute atomic E-state index is 14.3. The van der Waals surface area contributed by atoms with E-state index in [9.17, 15) is 14.0 Å². The normalized spacial score (nSPS) is 15.0. The second-order valence-corrected chi connectivity index (χ2v) is 6.81. The monoisotopic (exact) mass is 373 g/mol. The average Bonchev–Trinajstić information content (AvgIpc) is 3.15. The Morgan fingerprint density at radius 3 is 2.52 bits per heavy atom. The van der Waals surface area contributed by atoms with Crippen LogP contribution in [0.25, 0.3) is 0 Å². The summed E-state index contributed by atoms with van der Waals surface area (Å²) in [4.78, 5) is 29.4. The van der Waals surface area contributed by atoms with Crippen molar-refractivity contribution in [1.29, 1.82) is 0 Å². The van der Waals surface area contributed by atoms with Gasteiger partial charge >= 0.3 is 0 Å². The number of hydrogen-bond acceptors (Lipinski definition) is 5. The standard InChI is InChI=1S/C20H24FN3O3/c1-15(25)16-5-6-19(18(21)12-16)24-9-7-23(8-10-24)14-20(26)22(2)13-17-4-3-11-27-17/h3-6,11-12H,7-10,13-14H2,1-2H3. The lowest BCUT2D eigenvalue weighted by Gasteiger charge is -2.36. The van der Waals surface area contributed by atoms with Gasteiger partial charge in [-0.05, 0) is 37.3 Å². The molecule has 1 aromatic carbocycles. The van der Waals surface area contributed by atoms with Crippen molar-refractivity contribution in [3.63, 3.8) is 0 Å². The molecule has 0 unspecified atom stereocenters. The smallest absolute Gasteiger partial charge is 0.236 e. The largest absolute Gasteiger partial charge is 0.467 e. The summed E-state index contributed by atoms with van der Waals surface area (Å²) in [5.74, 6) is 0.241. The molecule has 0 radical (unpaired) electrons. The van der Waals surface area contributed by atoms with Gasteiger partial charge in [0.15, 0.2) is 5.78 Å². The van der Waals surface area contributed by atoms with Crippen LogP contribution in [0.15, 0.2) is 41.0 Å². The number of nitrogens with zero attached hydrogens (tertiary/aromatic N) is 3. The molecule has 2 heterocycles. The fraction of sp³-hybridized carbons (Fsp3) is 0.400. The Labute approximate surface area is 158 Å². The SMILES string of the molecule is CC(=O)c1ccc(N2CCN(CC(=O)N(C)Cc3ccco3)CC2)c(F)c1. The van der Waals surface area contributed by atoms with E-state index in [1.54, 1.807) is 36.4 Å². The van der Waals surface area contributed by atoms with E-state index in [1.165, 1.54) is 13.0 Å². The lowest BCUT2D eigenvalue weighted by atomic mass is 10.1. The molecule has 0 atom stereocenters. The van der Waals surface area contributed by atoms with Crippen LogP contribution in [0.2, 0.25) is 0 Å². The minimum Gasteiger partial charge on any atom is -0.467 e. The van der Waals surface area contributed by atoms with Crippen LogP contribution < -0.4 is 4.90 Å². The minimum absolute atomic E-state index is 0.0249. The van der Waals surface area contributed by atoms with Crippen LogP contribution in [-0.4, -0.2) is 61.3 Å². The van der Waals surface area contributed by atoms with Crippen molar-refractivity contribution in [2.45, 2.75) is 13.5 Å². The molecule has 2 aromatic rings. The number of anilines is 1. The van der Waals surface area contributed by atoms with Gasteiger partial charge in [-0.2, -0.15) is 0 Å².